The number of nitro benzene ring substituents is 2. The molecule has 0 aromatic heterocycles. The van der Waals surface area contributed by atoms with Crippen LogP contribution in [0.5, 0.6) is 0 Å². The van der Waals surface area contributed by atoms with Crippen LogP contribution >= 0.6 is 0 Å². The van der Waals surface area contributed by atoms with Crippen molar-refractivity contribution in [2.75, 3.05) is 12.4 Å². The van der Waals surface area contributed by atoms with Gasteiger partial charge in [0.2, 0.25) is 0 Å². The predicted octanol–water partition coefficient (Wildman–Crippen LogP) is 2.50. The molecule has 0 bridgehead atoms. The van der Waals surface area contributed by atoms with Crippen LogP contribution in [0.3, 0.4) is 0 Å². The molecule has 0 spiro atoms. The van der Waals surface area contributed by atoms with Gasteiger partial charge < -0.3 is 10.1 Å². The summed E-state index contributed by atoms with van der Waals surface area (Å²) in [6, 6.07) is 2.43. The monoisotopic (exact) mass is 311 g/mol. The Morgan fingerprint density at radius 1 is 1.32 bits per heavy atom. The maximum Gasteiger partial charge on any atom is 0.328 e. The molecule has 1 aromatic rings. The molecule has 0 heterocycles. The highest BCUT2D eigenvalue weighted by Gasteiger charge is 2.28. The molecule has 9 nitrogen and oxygen atoms in total. The van der Waals surface area contributed by atoms with Crippen LogP contribution in [-0.4, -0.2) is 29.0 Å². The number of carbonyl (C=O) groups excluding carboxylic acids is 1. The number of nitrogens with one attached hydrogen (secondary N) is 1. The van der Waals surface area contributed by atoms with E-state index in [2.05, 4.69) is 5.32 Å². The minimum atomic E-state index is -0.782. The number of hydrogen-bond acceptors (Lipinski definition) is 7. The number of benzene rings is 1. The number of nitro groups is 2. The van der Waals surface area contributed by atoms with Crippen LogP contribution in [0.1, 0.15) is 20.3 Å². The first-order valence-electron chi connectivity index (χ1n) is 6.59. The highest BCUT2D eigenvalue weighted by molar-refractivity contribution is 5.81. The van der Waals surface area contributed by atoms with E-state index in [0.717, 1.165) is 12.1 Å². The quantitative estimate of drug-likeness (QED) is 0.466. The number of non-ortho nitro benzene ring substituents is 1. The Bertz CT molecular complexity index is 589. The molecule has 2 unspecified atom stereocenters. The van der Waals surface area contributed by atoms with E-state index < -0.39 is 33.2 Å². The van der Waals surface area contributed by atoms with E-state index in [1.165, 1.54) is 13.2 Å². The molecule has 9 heteroatoms. The lowest BCUT2D eigenvalue weighted by Crippen LogP contribution is -2.36. The van der Waals surface area contributed by atoms with E-state index in [0.29, 0.717) is 6.42 Å². The fraction of sp³-hybridized carbons (Fsp3) is 0.462. The smallest absolute Gasteiger partial charge is 0.328 e. The summed E-state index contributed by atoms with van der Waals surface area (Å²) in [5, 5.41) is 24.5. The van der Waals surface area contributed by atoms with Gasteiger partial charge in [0.15, 0.2) is 0 Å². The summed E-state index contributed by atoms with van der Waals surface area (Å²) in [4.78, 5) is 32.1. The number of carbonyl (C=O) groups is 1. The molecule has 0 radical (unpaired) electrons. The molecule has 0 saturated heterocycles. The van der Waals surface area contributed by atoms with Crippen LogP contribution in [0.15, 0.2) is 18.2 Å². The van der Waals surface area contributed by atoms with Crippen molar-refractivity contribution in [1.82, 2.24) is 0 Å². The summed E-state index contributed by atoms with van der Waals surface area (Å²) in [5.41, 5.74) is -0.826. The second-order valence-corrected chi connectivity index (χ2v) is 4.75. The van der Waals surface area contributed by atoms with Crippen LogP contribution in [0, 0.1) is 26.1 Å². The molecule has 0 aliphatic heterocycles. The van der Waals surface area contributed by atoms with Crippen LogP contribution in [0.2, 0.25) is 0 Å². The molecule has 1 aromatic carbocycles. The first-order chi connectivity index (χ1) is 10.3. The summed E-state index contributed by atoms with van der Waals surface area (Å²) in [5.74, 6) is -0.691. The van der Waals surface area contributed by atoms with Gasteiger partial charge in [-0.05, 0) is 12.0 Å². The first-order valence-corrected chi connectivity index (χ1v) is 6.59. The largest absolute Gasteiger partial charge is 0.467 e. The van der Waals surface area contributed by atoms with Gasteiger partial charge in [-0.25, -0.2) is 4.79 Å². The lowest BCUT2D eigenvalue weighted by atomic mass is 9.98. The van der Waals surface area contributed by atoms with E-state index in [1.807, 2.05) is 6.92 Å². The van der Waals surface area contributed by atoms with Crippen LogP contribution in [-0.2, 0) is 9.53 Å². The average Bonchev–Trinajstić information content (AvgIpc) is 2.50. The highest BCUT2D eigenvalue weighted by Crippen LogP contribution is 2.30. The summed E-state index contributed by atoms with van der Waals surface area (Å²) < 4.78 is 4.69. The number of rotatable bonds is 7. The van der Waals surface area contributed by atoms with E-state index >= 15 is 0 Å². The summed E-state index contributed by atoms with van der Waals surface area (Å²) in [7, 11) is 1.23. The number of nitrogens with zero attached hydrogens (tertiary/aromatic N) is 2. The summed E-state index contributed by atoms with van der Waals surface area (Å²) >= 11 is 0. The molecule has 0 amide bonds. The molecule has 0 aliphatic carbocycles. The SMILES string of the molecule is CCC(C)C(Nc1ccc([N+](=O)[O-])cc1[N+](=O)[O-])C(=O)OC. The zero-order valence-electron chi connectivity index (χ0n) is 12.4. The molecule has 0 aliphatic rings. The van der Waals surface area contributed by atoms with Crippen molar-refractivity contribution >= 4 is 23.0 Å². The molecule has 1 N–H and O–H groups in total. The Labute approximate surface area is 126 Å². The van der Waals surface area contributed by atoms with E-state index in [9.17, 15) is 25.0 Å². The fourth-order valence-electron chi connectivity index (χ4n) is 1.87. The zero-order chi connectivity index (χ0) is 16.9. The molecule has 1 rings (SSSR count). The number of anilines is 1. The molecule has 120 valence electrons. The number of hydrogen-bond donors (Lipinski definition) is 1. The van der Waals surface area contributed by atoms with Gasteiger partial charge in [-0.2, -0.15) is 0 Å². The Balaban J connectivity index is 3.21. The number of esters is 1. The lowest BCUT2D eigenvalue weighted by molar-refractivity contribution is -0.393. The lowest BCUT2D eigenvalue weighted by Gasteiger charge is -2.22. The second-order valence-electron chi connectivity index (χ2n) is 4.75. The fourth-order valence-corrected chi connectivity index (χ4v) is 1.87. The highest BCUT2D eigenvalue weighted by atomic mass is 16.6. The van der Waals surface area contributed by atoms with E-state index in [4.69, 9.17) is 4.74 Å². The summed E-state index contributed by atoms with van der Waals surface area (Å²) in [6.45, 7) is 3.67. The van der Waals surface area contributed by atoms with Crippen molar-refractivity contribution < 1.29 is 19.4 Å². The Kier molecular flexibility index (Phi) is 5.79. The topological polar surface area (TPSA) is 125 Å². The third-order valence-electron chi connectivity index (χ3n) is 3.37. The molecule has 2 atom stereocenters. The minimum Gasteiger partial charge on any atom is -0.467 e. The Morgan fingerprint density at radius 3 is 2.41 bits per heavy atom. The molecule has 0 saturated carbocycles. The van der Waals surface area contributed by atoms with Gasteiger partial charge >= 0.3 is 5.97 Å². The first kappa shape index (κ1) is 17.3. The number of ether oxygens (including phenoxy) is 1. The maximum absolute atomic E-state index is 11.8. The van der Waals surface area contributed by atoms with Gasteiger partial charge in [0.25, 0.3) is 11.4 Å². The van der Waals surface area contributed by atoms with E-state index in [-0.39, 0.29) is 11.6 Å². The van der Waals surface area contributed by atoms with Crippen molar-refractivity contribution in [3.8, 4) is 0 Å². The van der Waals surface area contributed by atoms with Gasteiger partial charge in [0, 0.05) is 6.07 Å². The van der Waals surface area contributed by atoms with Crippen molar-refractivity contribution in [3.05, 3.63) is 38.4 Å². The van der Waals surface area contributed by atoms with Crippen molar-refractivity contribution in [2.24, 2.45) is 5.92 Å². The van der Waals surface area contributed by atoms with Gasteiger partial charge in [-0.3, -0.25) is 20.2 Å². The van der Waals surface area contributed by atoms with Gasteiger partial charge in [-0.1, -0.05) is 20.3 Å². The molecule has 22 heavy (non-hydrogen) atoms. The van der Waals surface area contributed by atoms with Gasteiger partial charge in [0.05, 0.1) is 23.0 Å². The van der Waals surface area contributed by atoms with Crippen molar-refractivity contribution in [2.45, 2.75) is 26.3 Å². The third kappa shape index (κ3) is 3.90. The Morgan fingerprint density at radius 2 is 1.95 bits per heavy atom. The van der Waals surface area contributed by atoms with Crippen molar-refractivity contribution in [1.29, 1.82) is 0 Å². The maximum atomic E-state index is 11.8. The van der Waals surface area contributed by atoms with Crippen LogP contribution in [0.4, 0.5) is 17.1 Å². The van der Waals surface area contributed by atoms with Crippen molar-refractivity contribution in [3.63, 3.8) is 0 Å². The standard InChI is InChI=1S/C13H17N3O6/c1-4-8(2)12(13(17)22-3)14-10-6-5-9(15(18)19)7-11(10)16(20)21/h5-8,12,14H,4H2,1-3H3. The van der Waals surface area contributed by atoms with Crippen LogP contribution < -0.4 is 5.32 Å². The van der Waals surface area contributed by atoms with E-state index in [1.54, 1.807) is 6.92 Å². The van der Waals surface area contributed by atoms with Gasteiger partial charge in [0.1, 0.15) is 11.7 Å². The van der Waals surface area contributed by atoms with Crippen LogP contribution in [0.25, 0.3) is 0 Å². The molecular formula is C13H17N3O6. The number of methoxy groups -OCH3 is 1. The zero-order valence-corrected chi connectivity index (χ0v) is 12.4. The van der Waals surface area contributed by atoms with Gasteiger partial charge in [-0.15, -0.1) is 0 Å². The minimum absolute atomic E-state index is 0.0336. The second kappa shape index (κ2) is 7.34. The Hall–Kier alpha value is -2.71. The molecular weight excluding hydrogens is 294 g/mol. The molecule has 0 fully saturated rings. The third-order valence-corrected chi connectivity index (χ3v) is 3.37. The summed E-state index contributed by atoms with van der Waals surface area (Å²) in [6.07, 6.45) is 0.646. The predicted molar refractivity (Wildman–Crippen MR) is 78.6 cm³/mol. The average molecular weight is 311 g/mol. The normalized spacial score (nSPS) is 13.0.